The molecule has 3 atom stereocenters. The summed E-state index contributed by atoms with van der Waals surface area (Å²) in [5.41, 5.74) is 8.22. The topological polar surface area (TPSA) is 106 Å². The Morgan fingerprint density at radius 1 is 1.23 bits per heavy atom. The summed E-state index contributed by atoms with van der Waals surface area (Å²) in [5, 5.41) is 20.0. The van der Waals surface area contributed by atoms with Gasteiger partial charge in [-0.15, -0.1) is 0 Å². The highest BCUT2D eigenvalue weighted by molar-refractivity contribution is 5.92. The van der Waals surface area contributed by atoms with Gasteiger partial charge in [-0.05, 0) is 12.1 Å². The highest BCUT2D eigenvalue weighted by atomic mass is 16.5. The molecule has 4 rings (SSSR count). The van der Waals surface area contributed by atoms with Crippen LogP contribution in [0.5, 0.6) is 0 Å². The average Bonchev–Trinajstić information content (AvgIpc) is 3.22. The molecular weight excluding hydrogens is 332 g/mol. The van der Waals surface area contributed by atoms with E-state index in [-0.39, 0.29) is 6.61 Å². The van der Waals surface area contributed by atoms with Crippen LogP contribution in [0.2, 0.25) is 0 Å². The molecule has 0 saturated carbocycles. The van der Waals surface area contributed by atoms with E-state index in [1.54, 1.807) is 4.57 Å². The number of aliphatic hydroxyl groups excluding tert-OH is 2. The van der Waals surface area contributed by atoms with Crippen LogP contribution in [-0.4, -0.2) is 43.6 Å². The number of nitrogen functional groups attached to an aromatic ring is 1. The van der Waals surface area contributed by atoms with Gasteiger partial charge in [-0.25, -0.2) is 9.97 Å². The quantitative estimate of drug-likeness (QED) is 0.597. The van der Waals surface area contributed by atoms with Crippen LogP contribution in [0.1, 0.15) is 23.8 Å². The summed E-state index contributed by atoms with van der Waals surface area (Å²) in [6, 6.07) is 9.63. The lowest BCUT2D eigenvalue weighted by atomic mass is 10.2. The van der Waals surface area contributed by atoms with Gasteiger partial charge in [-0.1, -0.05) is 30.0 Å². The highest BCUT2D eigenvalue weighted by Crippen LogP contribution is 2.33. The largest absolute Gasteiger partial charge is 0.394 e. The zero-order valence-electron chi connectivity index (χ0n) is 13.9. The second-order valence-electron chi connectivity index (χ2n) is 6.14. The van der Waals surface area contributed by atoms with Crippen molar-refractivity contribution < 1.29 is 14.9 Å². The molecule has 1 aliphatic rings. The van der Waals surface area contributed by atoms with E-state index in [1.807, 2.05) is 36.5 Å². The first-order chi connectivity index (χ1) is 12.7. The van der Waals surface area contributed by atoms with Crippen LogP contribution < -0.4 is 5.73 Å². The summed E-state index contributed by atoms with van der Waals surface area (Å²) in [5.74, 6) is 6.57. The number of rotatable bonds is 2. The molecule has 1 saturated heterocycles. The van der Waals surface area contributed by atoms with E-state index in [1.165, 1.54) is 6.33 Å². The minimum Gasteiger partial charge on any atom is -0.394 e. The van der Waals surface area contributed by atoms with Gasteiger partial charge in [0.1, 0.15) is 30.1 Å². The molecule has 3 heterocycles. The Morgan fingerprint density at radius 2 is 2.04 bits per heavy atom. The second kappa shape index (κ2) is 6.77. The SMILES string of the molecule is Nc1ncnc2c1c(C#Cc1ccccc1)cn2[C@H]1C[C@H](O)[C@@H](CO)O1. The van der Waals surface area contributed by atoms with Gasteiger partial charge in [0.05, 0.1) is 23.7 Å². The van der Waals surface area contributed by atoms with Crippen molar-refractivity contribution in [3.8, 4) is 11.8 Å². The first-order valence-electron chi connectivity index (χ1n) is 8.30. The van der Waals surface area contributed by atoms with Crippen LogP contribution in [0, 0.1) is 11.8 Å². The number of aromatic nitrogens is 3. The Hall–Kier alpha value is -2.92. The second-order valence-corrected chi connectivity index (χ2v) is 6.14. The highest BCUT2D eigenvalue weighted by Gasteiger charge is 2.35. The molecule has 26 heavy (non-hydrogen) atoms. The number of aliphatic hydroxyl groups is 2. The number of fused-ring (bicyclic) bond motifs is 1. The first-order valence-corrected chi connectivity index (χ1v) is 8.30. The lowest BCUT2D eigenvalue weighted by molar-refractivity contribution is -0.0430. The molecule has 7 nitrogen and oxygen atoms in total. The van der Waals surface area contributed by atoms with Gasteiger partial charge in [0, 0.05) is 18.2 Å². The van der Waals surface area contributed by atoms with Crippen LogP contribution in [0.4, 0.5) is 5.82 Å². The maximum Gasteiger partial charge on any atom is 0.148 e. The summed E-state index contributed by atoms with van der Waals surface area (Å²) in [7, 11) is 0. The normalized spacial score (nSPS) is 22.3. The van der Waals surface area contributed by atoms with Crippen LogP contribution in [0.25, 0.3) is 11.0 Å². The van der Waals surface area contributed by atoms with Crippen molar-refractivity contribution in [1.82, 2.24) is 14.5 Å². The molecule has 1 aromatic carbocycles. The van der Waals surface area contributed by atoms with Gasteiger partial charge >= 0.3 is 0 Å². The molecule has 1 aliphatic heterocycles. The van der Waals surface area contributed by atoms with Crippen molar-refractivity contribution in [2.45, 2.75) is 24.9 Å². The van der Waals surface area contributed by atoms with Crippen molar-refractivity contribution in [2.24, 2.45) is 0 Å². The minimum absolute atomic E-state index is 0.241. The van der Waals surface area contributed by atoms with Gasteiger partial charge in [0.2, 0.25) is 0 Å². The summed E-state index contributed by atoms with van der Waals surface area (Å²) in [6.45, 7) is -0.241. The van der Waals surface area contributed by atoms with Crippen molar-refractivity contribution in [2.75, 3.05) is 12.3 Å². The van der Waals surface area contributed by atoms with Gasteiger partial charge in [-0.2, -0.15) is 0 Å². The molecule has 7 heteroatoms. The van der Waals surface area contributed by atoms with Crippen molar-refractivity contribution in [1.29, 1.82) is 0 Å². The Labute approximate surface area is 150 Å². The summed E-state index contributed by atoms with van der Waals surface area (Å²) >= 11 is 0. The first kappa shape index (κ1) is 16.5. The van der Waals surface area contributed by atoms with Gasteiger partial charge in [0.15, 0.2) is 0 Å². The predicted octanol–water partition coefficient (Wildman–Crippen LogP) is 1.05. The molecule has 3 aromatic rings. The Morgan fingerprint density at radius 3 is 2.77 bits per heavy atom. The van der Waals surface area contributed by atoms with E-state index < -0.39 is 18.4 Å². The molecule has 0 amide bonds. The van der Waals surface area contributed by atoms with E-state index in [0.29, 0.717) is 28.8 Å². The van der Waals surface area contributed by atoms with Crippen LogP contribution >= 0.6 is 0 Å². The Bertz CT molecular complexity index is 990. The zero-order chi connectivity index (χ0) is 18.1. The lowest BCUT2D eigenvalue weighted by Gasteiger charge is -2.14. The van der Waals surface area contributed by atoms with E-state index in [9.17, 15) is 10.2 Å². The van der Waals surface area contributed by atoms with Gasteiger partial charge in [-0.3, -0.25) is 0 Å². The number of hydrogen-bond donors (Lipinski definition) is 3. The molecule has 0 spiro atoms. The summed E-state index contributed by atoms with van der Waals surface area (Å²) in [4.78, 5) is 8.38. The molecule has 2 aromatic heterocycles. The van der Waals surface area contributed by atoms with Crippen LogP contribution in [-0.2, 0) is 4.74 Å². The summed E-state index contributed by atoms with van der Waals surface area (Å²) in [6.07, 6.45) is 1.74. The third kappa shape index (κ3) is 2.91. The third-order valence-electron chi connectivity index (χ3n) is 4.45. The van der Waals surface area contributed by atoms with E-state index in [0.717, 1.165) is 5.56 Å². The monoisotopic (exact) mass is 350 g/mol. The van der Waals surface area contributed by atoms with Crippen molar-refractivity contribution >= 4 is 16.9 Å². The molecule has 0 radical (unpaired) electrons. The molecule has 0 unspecified atom stereocenters. The third-order valence-corrected chi connectivity index (χ3v) is 4.45. The fourth-order valence-electron chi connectivity index (χ4n) is 3.13. The predicted molar refractivity (Wildman–Crippen MR) is 96.0 cm³/mol. The average molecular weight is 350 g/mol. The van der Waals surface area contributed by atoms with E-state index in [2.05, 4.69) is 21.8 Å². The standard InChI is InChI=1S/C19H18N4O3/c20-18-17-13(7-6-12-4-2-1-3-5-12)9-23(19(17)22-11-21-18)16-8-14(25)15(10-24)26-16/h1-5,9,11,14-16,24-25H,8,10H2,(H2,20,21,22)/t14-,15+,16+/m0/s1. The van der Waals surface area contributed by atoms with E-state index in [4.69, 9.17) is 10.5 Å². The fraction of sp³-hybridized carbons (Fsp3) is 0.263. The number of benzene rings is 1. The maximum absolute atomic E-state index is 10.0. The van der Waals surface area contributed by atoms with Crippen LogP contribution in [0.3, 0.4) is 0 Å². The molecule has 0 bridgehead atoms. The Kier molecular flexibility index (Phi) is 4.31. The minimum atomic E-state index is -0.736. The van der Waals surface area contributed by atoms with E-state index >= 15 is 0 Å². The summed E-state index contributed by atoms with van der Waals surface area (Å²) < 4.78 is 7.54. The number of nitrogens with two attached hydrogens (primary N) is 1. The molecule has 4 N–H and O–H groups in total. The fourth-order valence-corrected chi connectivity index (χ4v) is 3.13. The van der Waals surface area contributed by atoms with Gasteiger partial charge < -0.3 is 25.3 Å². The van der Waals surface area contributed by atoms with Crippen LogP contribution in [0.15, 0.2) is 42.9 Å². The molecule has 0 aliphatic carbocycles. The van der Waals surface area contributed by atoms with Gasteiger partial charge in [0.25, 0.3) is 0 Å². The smallest absolute Gasteiger partial charge is 0.148 e. The van der Waals surface area contributed by atoms with Crippen molar-refractivity contribution in [3.63, 3.8) is 0 Å². The number of nitrogens with zero attached hydrogens (tertiary/aromatic N) is 3. The zero-order valence-corrected chi connectivity index (χ0v) is 13.9. The van der Waals surface area contributed by atoms with Crippen molar-refractivity contribution in [3.05, 3.63) is 54.0 Å². The Balaban J connectivity index is 1.79. The molecule has 1 fully saturated rings. The molecule has 132 valence electrons. The molecular formula is C19H18N4O3. The number of anilines is 1. The lowest BCUT2D eigenvalue weighted by Crippen LogP contribution is -2.24. The maximum atomic E-state index is 10.0. The number of ether oxygens (including phenoxy) is 1. The number of hydrogen-bond acceptors (Lipinski definition) is 6.